The Hall–Kier alpha value is -1.92. The third kappa shape index (κ3) is 5.04. The molecule has 0 saturated carbocycles. The van der Waals surface area contributed by atoms with Gasteiger partial charge in [0, 0.05) is 13.5 Å². The van der Waals surface area contributed by atoms with Crippen LogP contribution in [0.15, 0.2) is 0 Å². The van der Waals surface area contributed by atoms with Crippen molar-refractivity contribution in [1.29, 1.82) is 0 Å². The van der Waals surface area contributed by atoms with E-state index in [-0.39, 0.29) is 13.2 Å². The Morgan fingerprint density at radius 3 is 2.35 bits per heavy atom. The first kappa shape index (κ1) is 19.1. The first-order valence-electron chi connectivity index (χ1n) is 7.86. The summed E-state index contributed by atoms with van der Waals surface area (Å²) in [7, 11) is 0. The number of ether oxygens (including phenoxy) is 2. The van der Waals surface area contributed by atoms with Crippen molar-refractivity contribution in [3.63, 3.8) is 0 Å². The lowest BCUT2D eigenvalue weighted by Crippen LogP contribution is -2.53. The zero-order chi connectivity index (χ0) is 17.6. The van der Waals surface area contributed by atoms with Crippen LogP contribution in [0.4, 0.5) is 0 Å². The Morgan fingerprint density at radius 2 is 1.78 bits per heavy atom. The molecule has 1 atom stereocenters. The van der Waals surface area contributed by atoms with E-state index in [1.807, 2.05) is 0 Å². The number of rotatable bonds is 6. The molecule has 1 fully saturated rings. The number of likely N-dealkylation sites (tertiary alicyclic amines) is 1. The highest BCUT2D eigenvalue weighted by Gasteiger charge is 2.41. The number of amides is 1. The van der Waals surface area contributed by atoms with Crippen molar-refractivity contribution >= 4 is 23.6 Å². The lowest BCUT2D eigenvalue weighted by Gasteiger charge is -2.35. The average molecular weight is 327 g/mol. The van der Waals surface area contributed by atoms with Gasteiger partial charge in [0.05, 0.1) is 12.0 Å². The summed E-state index contributed by atoms with van der Waals surface area (Å²) in [5.41, 5.74) is -1.14. The number of carbonyl (C=O) groups is 4. The third-order valence-corrected chi connectivity index (χ3v) is 3.77. The number of ketones is 1. The molecule has 1 aliphatic heterocycles. The predicted octanol–water partition coefficient (Wildman–Crippen LogP) is 1.09. The second-order valence-electron chi connectivity index (χ2n) is 6.26. The average Bonchev–Trinajstić information content (AvgIpc) is 2.51. The molecule has 0 aromatic heterocycles. The molecule has 0 radical (unpaired) electrons. The molecule has 1 aliphatic rings. The van der Waals surface area contributed by atoms with Crippen LogP contribution in [0.1, 0.15) is 47.0 Å². The van der Waals surface area contributed by atoms with Crippen LogP contribution in [0.2, 0.25) is 0 Å². The quantitative estimate of drug-likeness (QED) is 0.536. The van der Waals surface area contributed by atoms with E-state index in [1.165, 1.54) is 11.8 Å². The number of hydrogen-bond donors (Lipinski definition) is 0. The molecule has 0 aromatic carbocycles. The van der Waals surface area contributed by atoms with E-state index in [0.717, 1.165) is 12.8 Å². The molecular weight excluding hydrogens is 302 g/mol. The molecule has 0 aliphatic carbocycles. The van der Waals surface area contributed by atoms with Crippen LogP contribution in [-0.2, 0) is 28.7 Å². The summed E-state index contributed by atoms with van der Waals surface area (Å²) in [6.07, 6.45) is 2.03. The molecule has 1 rings (SSSR count). The van der Waals surface area contributed by atoms with Crippen molar-refractivity contribution in [2.24, 2.45) is 5.41 Å². The van der Waals surface area contributed by atoms with Crippen molar-refractivity contribution in [2.45, 2.75) is 53.0 Å². The van der Waals surface area contributed by atoms with Crippen molar-refractivity contribution in [3.8, 4) is 0 Å². The first-order chi connectivity index (χ1) is 10.7. The van der Waals surface area contributed by atoms with Crippen LogP contribution in [0.5, 0.6) is 0 Å². The largest absolute Gasteiger partial charge is 0.465 e. The zero-order valence-corrected chi connectivity index (χ0v) is 14.2. The summed E-state index contributed by atoms with van der Waals surface area (Å²) in [5.74, 6) is -2.39. The number of nitrogens with zero attached hydrogens (tertiary/aromatic N) is 1. The minimum atomic E-state index is -1.14. The molecule has 0 N–H and O–H groups in total. The molecular formula is C16H25NO6. The van der Waals surface area contributed by atoms with Gasteiger partial charge < -0.3 is 14.4 Å². The molecule has 7 nitrogen and oxygen atoms in total. The number of carbonyl (C=O) groups excluding carboxylic acids is 4. The minimum Gasteiger partial charge on any atom is -0.465 e. The summed E-state index contributed by atoms with van der Waals surface area (Å²) >= 11 is 0. The molecule has 1 saturated heterocycles. The molecule has 1 heterocycles. The summed E-state index contributed by atoms with van der Waals surface area (Å²) < 4.78 is 9.85. The van der Waals surface area contributed by atoms with Gasteiger partial charge >= 0.3 is 11.9 Å². The normalized spacial score (nSPS) is 18.3. The Bertz CT molecular complexity index is 485. The number of piperidine rings is 1. The zero-order valence-electron chi connectivity index (χ0n) is 14.2. The van der Waals surface area contributed by atoms with Gasteiger partial charge in [0.25, 0.3) is 5.91 Å². The molecule has 130 valence electrons. The van der Waals surface area contributed by atoms with Gasteiger partial charge in [-0.2, -0.15) is 0 Å². The van der Waals surface area contributed by atoms with Gasteiger partial charge in [0.2, 0.25) is 5.78 Å². The van der Waals surface area contributed by atoms with Crippen molar-refractivity contribution in [3.05, 3.63) is 0 Å². The fraction of sp³-hybridized carbons (Fsp3) is 0.750. The Kier molecular flexibility index (Phi) is 6.72. The van der Waals surface area contributed by atoms with Gasteiger partial charge in [0.1, 0.15) is 12.6 Å². The highest BCUT2D eigenvalue weighted by molar-refractivity contribution is 6.38. The number of hydrogen-bond acceptors (Lipinski definition) is 6. The molecule has 23 heavy (non-hydrogen) atoms. The second kappa shape index (κ2) is 8.08. The standard InChI is InChI=1S/C16H25NO6/c1-5-22-15(21)12-8-6-7-9-17(12)14(20)13(19)16(3,4)10-23-11(2)18/h12H,5-10H2,1-4H3. The second-order valence-corrected chi connectivity index (χ2v) is 6.26. The van der Waals surface area contributed by atoms with E-state index < -0.39 is 35.1 Å². The monoisotopic (exact) mass is 327 g/mol. The van der Waals surface area contributed by atoms with Crippen molar-refractivity contribution in [1.82, 2.24) is 4.90 Å². The first-order valence-corrected chi connectivity index (χ1v) is 7.86. The number of Topliss-reactive ketones (excluding diaryl/α,β-unsaturated/α-hetero) is 1. The van der Waals surface area contributed by atoms with E-state index in [2.05, 4.69) is 0 Å². The van der Waals surface area contributed by atoms with E-state index in [1.54, 1.807) is 20.8 Å². The van der Waals surface area contributed by atoms with Crippen molar-refractivity contribution < 1.29 is 28.7 Å². The summed E-state index contributed by atoms with van der Waals surface area (Å²) in [6, 6.07) is -0.718. The number of esters is 2. The van der Waals surface area contributed by atoms with E-state index in [9.17, 15) is 19.2 Å². The van der Waals surface area contributed by atoms with Crippen LogP contribution in [0.3, 0.4) is 0 Å². The minimum absolute atomic E-state index is 0.176. The maximum absolute atomic E-state index is 12.5. The van der Waals surface area contributed by atoms with Gasteiger partial charge in [-0.15, -0.1) is 0 Å². The SMILES string of the molecule is CCOC(=O)C1CCCCN1C(=O)C(=O)C(C)(C)COC(C)=O. The maximum atomic E-state index is 12.5. The molecule has 0 bridgehead atoms. The topological polar surface area (TPSA) is 90.0 Å². The van der Waals surface area contributed by atoms with Crippen LogP contribution in [-0.4, -0.2) is 54.3 Å². The van der Waals surface area contributed by atoms with Crippen LogP contribution < -0.4 is 0 Å². The van der Waals surface area contributed by atoms with Gasteiger partial charge in [-0.3, -0.25) is 14.4 Å². The smallest absolute Gasteiger partial charge is 0.328 e. The van der Waals surface area contributed by atoms with Crippen LogP contribution in [0, 0.1) is 5.41 Å². The van der Waals surface area contributed by atoms with Crippen LogP contribution in [0.25, 0.3) is 0 Å². The highest BCUT2D eigenvalue weighted by Crippen LogP contribution is 2.23. The van der Waals surface area contributed by atoms with Crippen molar-refractivity contribution in [2.75, 3.05) is 19.8 Å². The summed E-state index contributed by atoms with van der Waals surface area (Å²) in [6.45, 7) is 6.41. The lowest BCUT2D eigenvalue weighted by molar-refractivity contribution is -0.162. The maximum Gasteiger partial charge on any atom is 0.328 e. The summed E-state index contributed by atoms with van der Waals surface area (Å²) in [5, 5.41) is 0. The summed E-state index contributed by atoms with van der Waals surface area (Å²) in [4.78, 5) is 49.2. The van der Waals surface area contributed by atoms with Gasteiger partial charge in [-0.25, -0.2) is 4.79 Å². The predicted molar refractivity (Wildman–Crippen MR) is 81.4 cm³/mol. The molecule has 1 amide bonds. The van der Waals surface area contributed by atoms with Crippen LogP contribution >= 0.6 is 0 Å². The fourth-order valence-electron chi connectivity index (χ4n) is 2.43. The highest BCUT2D eigenvalue weighted by atomic mass is 16.5. The van der Waals surface area contributed by atoms with E-state index in [0.29, 0.717) is 13.0 Å². The van der Waals surface area contributed by atoms with Gasteiger partial charge in [-0.05, 0) is 40.0 Å². The molecule has 7 heteroatoms. The van der Waals surface area contributed by atoms with Gasteiger partial charge in [0.15, 0.2) is 0 Å². The molecule has 0 aromatic rings. The van der Waals surface area contributed by atoms with E-state index in [4.69, 9.17) is 9.47 Å². The Labute approximate surface area is 136 Å². The Balaban J connectivity index is 2.84. The third-order valence-electron chi connectivity index (χ3n) is 3.77. The Morgan fingerprint density at radius 1 is 1.13 bits per heavy atom. The fourth-order valence-corrected chi connectivity index (χ4v) is 2.43. The molecule has 1 unspecified atom stereocenters. The van der Waals surface area contributed by atoms with Gasteiger partial charge in [-0.1, -0.05) is 0 Å². The van der Waals surface area contributed by atoms with E-state index >= 15 is 0 Å². The lowest BCUT2D eigenvalue weighted by atomic mass is 9.87. The molecule has 0 spiro atoms.